The number of benzene rings is 1. The van der Waals surface area contributed by atoms with Crippen LogP contribution < -0.4 is 5.32 Å². The van der Waals surface area contributed by atoms with Crippen molar-refractivity contribution in [2.24, 2.45) is 0 Å². The van der Waals surface area contributed by atoms with E-state index in [1.807, 2.05) is 30.9 Å². The first-order chi connectivity index (χ1) is 11.8. The van der Waals surface area contributed by atoms with Gasteiger partial charge >= 0.3 is 5.97 Å². The van der Waals surface area contributed by atoms with Crippen molar-refractivity contribution >= 4 is 23.2 Å². The summed E-state index contributed by atoms with van der Waals surface area (Å²) < 4.78 is 13.0. The van der Waals surface area contributed by atoms with Gasteiger partial charge in [0.25, 0.3) is 0 Å². The number of carbonyl (C=O) groups excluding carboxylic acids is 1. The fourth-order valence-corrected chi connectivity index (χ4v) is 3.31. The largest absolute Gasteiger partial charge is 0.480 e. The average molecular weight is 364 g/mol. The summed E-state index contributed by atoms with van der Waals surface area (Å²) in [5.74, 6) is -1.64. The third-order valence-corrected chi connectivity index (χ3v) is 4.78. The molecule has 0 saturated heterocycles. The van der Waals surface area contributed by atoms with Gasteiger partial charge in [0.1, 0.15) is 12.4 Å². The monoisotopic (exact) mass is 364 g/mol. The van der Waals surface area contributed by atoms with Crippen molar-refractivity contribution in [3.8, 4) is 10.4 Å². The number of carboxylic acids is 1. The summed E-state index contributed by atoms with van der Waals surface area (Å²) in [7, 11) is 0. The summed E-state index contributed by atoms with van der Waals surface area (Å²) in [6.07, 6.45) is 0. The average Bonchev–Trinajstić information content (AvgIpc) is 3.01. The molecule has 5 nitrogen and oxygen atoms in total. The molecule has 0 fully saturated rings. The first-order valence-electron chi connectivity index (χ1n) is 7.92. The van der Waals surface area contributed by atoms with E-state index >= 15 is 0 Å². The maximum absolute atomic E-state index is 13.0. The fourth-order valence-electron chi connectivity index (χ4n) is 2.27. The molecule has 1 aromatic carbocycles. The fraction of sp³-hybridized carbons (Fsp3) is 0.333. The number of rotatable bonds is 8. The molecule has 7 heteroatoms. The summed E-state index contributed by atoms with van der Waals surface area (Å²) in [6.45, 7) is 4.31. The van der Waals surface area contributed by atoms with Crippen LogP contribution in [0.15, 0.2) is 36.4 Å². The molecule has 1 aromatic heterocycles. The number of amides is 1. The molecule has 0 atom stereocenters. The number of nitrogens with one attached hydrogen (secondary N) is 1. The van der Waals surface area contributed by atoms with Crippen LogP contribution in [0.5, 0.6) is 0 Å². The van der Waals surface area contributed by atoms with Gasteiger partial charge in [-0.05, 0) is 43.7 Å². The highest BCUT2D eigenvalue weighted by Gasteiger charge is 2.16. The van der Waals surface area contributed by atoms with Gasteiger partial charge in [0.2, 0.25) is 5.91 Å². The number of thiophene rings is 1. The lowest BCUT2D eigenvalue weighted by Crippen LogP contribution is -2.41. The van der Waals surface area contributed by atoms with E-state index < -0.39 is 5.97 Å². The second-order valence-corrected chi connectivity index (χ2v) is 7.11. The van der Waals surface area contributed by atoms with Crippen LogP contribution in [0.1, 0.15) is 18.7 Å². The molecule has 0 saturated carbocycles. The van der Waals surface area contributed by atoms with E-state index in [2.05, 4.69) is 5.32 Å². The molecule has 25 heavy (non-hydrogen) atoms. The Kier molecular flexibility index (Phi) is 6.66. The minimum absolute atomic E-state index is 0.131. The summed E-state index contributed by atoms with van der Waals surface area (Å²) >= 11 is 1.59. The number of carboxylic acid groups (broad SMARTS) is 1. The maximum atomic E-state index is 13.0. The van der Waals surface area contributed by atoms with E-state index in [4.69, 9.17) is 5.11 Å². The molecule has 0 bridgehead atoms. The Morgan fingerprint density at radius 1 is 1.20 bits per heavy atom. The summed E-state index contributed by atoms with van der Waals surface area (Å²) in [6, 6.07) is 10.5. The second-order valence-electron chi connectivity index (χ2n) is 5.94. The topological polar surface area (TPSA) is 69.6 Å². The number of hydrogen-bond donors (Lipinski definition) is 2. The van der Waals surface area contributed by atoms with E-state index in [1.54, 1.807) is 23.5 Å². The highest BCUT2D eigenvalue weighted by Crippen LogP contribution is 2.29. The van der Waals surface area contributed by atoms with Crippen LogP contribution in [0, 0.1) is 5.82 Å². The molecule has 0 aliphatic rings. The molecule has 2 aromatic rings. The Morgan fingerprint density at radius 3 is 2.48 bits per heavy atom. The molecule has 0 radical (unpaired) electrons. The second kappa shape index (κ2) is 8.73. The lowest BCUT2D eigenvalue weighted by Gasteiger charge is -2.25. The van der Waals surface area contributed by atoms with Gasteiger partial charge < -0.3 is 10.4 Å². The molecule has 0 aliphatic heterocycles. The van der Waals surface area contributed by atoms with Crippen molar-refractivity contribution in [2.75, 3.05) is 13.1 Å². The van der Waals surface area contributed by atoms with Gasteiger partial charge in [0.05, 0.1) is 6.54 Å². The molecule has 2 rings (SSSR count). The van der Waals surface area contributed by atoms with E-state index in [0.29, 0.717) is 6.54 Å². The molecule has 0 unspecified atom stereocenters. The Labute approximate surface area is 150 Å². The van der Waals surface area contributed by atoms with Gasteiger partial charge in [0, 0.05) is 22.3 Å². The SMILES string of the molecule is CC(C)N(CC(=O)NCC(=O)O)Cc1ccc(-c2ccc(F)cc2)s1. The van der Waals surface area contributed by atoms with Gasteiger partial charge in [-0.2, -0.15) is 0 Å². The van der Waals surface area contributed by atoms with Crippen LogP contribution in [0.3, 0.4) is 0 Å². The molecular weight excluding hydrogens is 343 g/mol. The number of aliphatic carboxylic acids is 1. The number of hydrogen-bond acceptors (Lipinski definition) is 4. The lowest BCUT2D eigenvalue weighted by molar-refractivity contribution is -0.138. The summed E-state index contributed by atoms with van der Waals surface area (Å²) in [4.78, 5) is 26.5. The normalized spacial score (nSPS) is 11.1. The minimum Gasteiger partial charge on any atom is -0.480 e. The first kappa shape index (κ1) is 19.1. The maximum Gasteiger partial charge on any atom is 0.322 e. The molecule has 2 N–H and O–H groups in total. The Hall–Kier alpha value is -2.25. The van der Waals surface area contributed by atoms with Crippen LogP contribution in [-0.4, -0.2) is 41.0 Å². The smallest absolute Gasteiger partial charge is 0.322 e. The highest BCUT2D eigenvalue weighted by molar-refractivity contribution is 7.15. The van der Waals surface area contributed by atoms with E-state index in [9.17, 15) is 14.0 Å². The zero-order valence-electron chi connectivity index (χ0n) is 14.2. The Bertz CT molecular complexity index is 728. The number of halogens is 1. The Balaban J connectivity index is 2.01. The van der Waals surface area contributed by atoms with E-state index in [1.165, 1.54) is 12.1 Å². The molecule has 0 spiro atoms. The predicted molar refractivity (Wildman–Crippen MR) is 95.9 cm³/mol. The predicted octanol–water partition coefficient (Wildman–Crippen LogP) is 2.97. The lowest BCUT2D eigenvalue weighted by atomic mass is 10.2. The third-order valence-electron chi connectivity index (χ3n) is 3.66. The van der Waals surface area contributed by atoms with Crippen LogP contribution >= 0.6 is 11.3 Å². The zero-order chi connectivity index (χ0) is 18.4. The van der Waals surface area contributed by atoms with E-state index in [0.717, 1.165) is 15.3 Å². The van der Waals surface area contributed by atoms with Crippen molar-refractivity contribution in [3.05, 3.63) is 47.1 Å². The number of nitrogens with zero attached hydrogens (tertiary/aromatic N) is 1. The molecular formula is C18H21FN2O3S. The molecule has 0 aliphatic carbocycles. The highest BCUT2D eigenvalue weighted by atomic mass is 32.1. The molecule has 134 valence electrons. The van der Waals surface area contributed by atoms with Crippen molar-refractivity contribution in [1.29, 1.82) is 0 Å². The van der Waals surface area contributed by atoms with Crippen molar-refractivity contribution < 1.29 is 19.1 Å². The van der Waals surface area contributed by atoms with Crippen molar-refractivity contribution in [2.45, 2.75) is 26.4 Å². The van der Waals surface area contributed by atoms with Crippen LogP contribution in [-0.2, 0) is 16.1 Å². The van der Waals surface area contributed by atoms with Crippen molar-refractivity contribution in [3.63, 3.8) is 0 Å². The molecule has 1 heterocycles. The third kappa shape index (κ3) is 5.95. The summed E-state index contributed by atoms with van der Waals surface area (Å²) in [5.41, 5.74) is 0.952. The van der Waals surface area contributed by atoms with E-state index in [-0.39, 0.29) is 30.9 Å². The quantitative estimate of drug-likeness (QED) is 0.756. The van der Waals surface area contributed by atoms with Gasteiger partial charge in [-0.15, -0.1) is 11.3 Å². The van der Waals surface area contributed by atoms with Gasteiger partial charge in [-0.25, -0.2) is 4.39 Å². The standard InChI is InChI=1S/C18H21FN2O3S/c1-12(2)21(11-17(22)20-9-18(23)24)10-15-7-8-16(25-15)13-3-5-14(19)6-4-13/h3-8,12H,9-11H2,1-2H3,(H,20,22)(H,23,24). The number of carbonyl (C=O) groups is 2. The van der Waals surface area contributed by atoms with Gasteiger partial charge in [0.15, 0.2) is 0 Å². The first-order valence-corrected chi connectivity index (χ1v) is 8.74. The van der Waals surface area contributed by atoms with Crippen molar-refractivity contribution in [1.82, 2.24) is 10.2 Å². The van der Waals surface area contributed by atoms with Crippen LogP contribution in [0.2, 0.25) is 0 Å². The summed E-state index contributed by atoms with van der Waals surface area (Å²) in [5, 5.41) is 11.0. The van der Waals surface area contributed by atoms with Gasteiger partial charge in [-0.3, -0.25) is 14.5 Å². The zero-order valence-corrected chi connectivity index (χ0v) is 15.0. The van der Waals surface area contributed by atoms with Crippen LogP contribution in [0.25, 0.3) is 10.4 Å². The Morgan fingerprint density at radius 2 is 1.88 bits per heavy atom. The van der Waals surface area contributed by atoms with Crippen LogP contribution in [0.4, 0.5) is 4.39 Å². The minimum atomic E-state index is -1.06. The molecule has 1 amide bonds. The van der Waals surface area contributed by atoms with Gasteiger partial charge in [-0.1, -0.05) is 12.1 Å².